The lowest BCUT2D eigenvalue weighted by Gasteiger charge is -2.31. The fraction of sp³-hybridized carbons (Fsp3) is 0.340. The fourth-order valence-corrected chi connectivity index (χ4v) is 7.90. The third kappa shape index (κ3) is 12.3. The van der Waals surface area contributed by atoms with Crippen LogP contribution in [0.2, 0.25) is 0 Å². The molecule has 342 valence electrons. The summed E-state index contributed by atoms with van der Waals surface area (Å²) in [5.41, 5.74) is 3.57. The highest BCUT2D eigenvalue weighted by Gasteiger charge is 2.30. The van der Waals surface area contributed by atoms with Gasteiger partial charge in [-0.1, -0.05) is 48.2 Å². The van der Waals surface area contributed by atoms with Crippen LogP contribution in [0.4, 0.5) is 0 Å². The van der Waals surface area contributed by atoms with Gasteiger partial charge in [0.25, 0.3) is 17.0 Å². The van der Waals surface area contributed by atoms with E-state index in [0.29, 0.717) is 84.7 Å². The third-order valence-corrected chi connectivity index (χ3v) is 11.5. The summed E-state index contributed by atoms with van der Waals surface area (Å²) in [6.45, 7) is 6.20. The Morgan fingerprint density at radius 1 is 0.776 bits per heavy atom. The lowest BCUT2D eigenvalue weighted by Crippen LogP contribution is -2.45. The zero-order chi connectivity index (χ0) is 46.4. The molecule has 2 saturated heterocycles. The largest absolute Gasteiger partial charge is 0.490 e. The number of amides is 2. The maximum Gasteiger partial charge on any atom is 0.275 e. The summed E-state index contributed by atoms with van der Waals surface area (Å²) in [6.07, 6.45) is 7.34. The lowest BCUT2D eigenvalue weighted by atomic mass is 9.98. The van der Waals surface area contributed by atoms with Gasteiger partial charge in [0.2, 0.25) is 5.91 Å². The molecule has 17 heteroatoms. The molecule has 2 fully saturated rings. The highest BCUT2D eigenvalue weighted by molar-refractivity contribution is 5.99. The number of nitrogens with zero attached hydrogens (tertiary/aromatic N) is 8. The number of nitrogens with one attached hydrogen (secondary N) is 1. The van der Waals surface area contributed by atoms with E-state index in [1.165, 1.54) is 16.9 Å². The van der Waals surface area contributed by atoms with Crippen molar-refractivity contribution in [2.75, 3.05) is 65.9 Å². The Kier molecular flexibility index (Phi) is 15.6. The maximum absolute atomic E-state index is 13.1. The molecule has 0 radical (unpaired) electrons. The van der Waals surface area contributed by atoms with Gasteiger partial charge in [-0.3, -0.25) is 24.5 Å². The molecule has 3 aromatic carbocycles. The van der Waals surface area contributed by atoms with Crippen LogP contribution in [0, 0.1) is 29.1 Å². The van der Waals surface area contributed by atoms with E-state index in [0.717, 1.165) is 53.8 Å². The van der Waals surface area contributed by atoms with Crippen molar-refractivity contribution in [3.05, 3.63) is 135 Å². The van der Waals surface area contributed by atoms with E-state index in [9.17, 15) is 24.4 Å². The van der Waals surface area contributed by atoms with Crippen molar-refractivity contribution in [3.63, 3.8) is 0 Å². The molecule has 2 aliphatic rings. The number of piperidine rings is 2. The van der Waals surface area contributed by atoms with Gasteiger partial charge >= 0.3 is 0 Å². The first kappa shape index (κ1) is 46.1. The van der Waals surface area contributed by atoms with Crippen LogP contribution < -0.4 is 21.2 Å². The highest BCUT2D eigenvalue weighted by atomic mass is 16.5. The standard InChI is InChI=1S/C50H49N9O8/c51-29-36-5-1-8-39(27-36)44-12-15-47(61)58(56-44)33-37-6-2-9-40(28-37)48-52-30-41(31-53-48)67-34-35-16-18-57(19-17-35)20-22-65-24-26-66-25-23-64-21-4-10-38-7-3-11-42-43(38)32-54-59(50(42)63)45-13-14-46(60)55-49(45)62/h1-3,5-9,11-12,15,27-28,30-32,35,45H,13-14,16-26,33-34H2,(H,55,60,62). The number of fused-ring (bicyclic) bond motifs is 1. The summed E-state index contributed by atoms with van der Waals surface area (Å²) in [6, 6.07) is 24.5. The molecule has 1 atom stereocenters. The molecule has 17 nitrogen and oxygen atoms in total. The average molecular weight is 904 g/mol. The molecule has 67 heavy (non-hydrogen) atoms. The van der Waals surface area contributed by atoms with Crippen molar-refractivity contribution < 1.29 is 28.5 Å². The number of aromatic nitrogens is 6. The fourth-order valence-electron chi connectivity index (χ4n) is 7.90. The molecule has 0 bridgehead atoms. The molecule has 2 amide bonds. The minimum atomic E-state index is -0.829. The van der Waals surface area contributed by atoms with Crippen LogP contribution in [0.1, 0.15) is 48.4 Å². The summed E-state index contributed by atoms with van der Waals surface area (Å²) in [5.74, 6) is 6.73. The first-order chi connectivity index (χ1) is 32.8. The normalized spacial score (nSPS) is 15.4. The number of hydrogen-bond donors (Lipinski definition) is 1. The van der Waals surface area contributed by atoms with Crippen LogP contribution in [0.25, 0.3) is 33.4 Å². The van der Waals surface area contributed by atoms with Crippen LogP contribution in [0.15, 0.2) is 107 Å². The Morgan fingerprint density at radius 3 is 2.34 bits per heavy atom. The Morgan fingerprint density at radius 2 is 1.54 bits per heavy atom. The summed E-state index contributed by atoms with van der Waals surface area (Å²) >= 11 is 0. The van der Waals surface area contributed by atoms with Crippen LogP contribution >= 0.6 is 0 Å². The topological polar surface area (TPSA) is 206 Å². The number of likely N-dealkylation sites (tertiary alicyclic amines) is 1. The van der Waals surface area contributed by atoms with Crippen molar-refractivity contribution in [1.29, 1.82) is 5.26 Å². The Hall–Kier alpha value is -7.41. The molecule has 1 N–H and O–H groups in total. The second-order valence-corrected chi connectivity index (χ2v) is 16.2. The molecule has 5 heterocycles. The van der Waals surface area contributed by atoms with Gasteiger partial charge in [0.05, 0.1) is 87.5 Å². The van der Waals surface area contributed by atoms with Crippen molar-refractivity contribution in [3.8, 4) is 46.3 Å². The van der Waals surface area contributed by atoms with Crippen LogP contribution in [-0.4, -0.2) is 112 Å². The molecule has 6 aromatic rings. The Labute approximate surface area is 386 Å². The van der Waals surface area contributed by atoms with Gasteiger partial charge in [0.15, 0.2) is 11.6 Å². The van der Waals surface area contributed by atoms with Gasteiger partial charge in [-0.15, -0.1) is 0 Å². The molecule has 0 aliphatic carbocycles. The van der Waals surface area contributed by atoms with Crippen LogP contribution in [-0.2, 0) is 30.3 Å². The number of imide groups is 1. The molecule has 3 aromatic heterocycles. The molecule has 0 spiro atoms. The maximum atomic E-state index is 13.1. The lowest BCUT2D eigenvalue weighted by molar-refractivity contribution is -0.136. The number of hydrogen-bond acceptors (Lipinski definition) is 14. The third-order valence-electron chi connectivity index (χ3n) is 11.5. The van der Waals surface area contributed by atoms with Crippen LogP contribution in [0.5, 0.6) is 5.75 Å². The molecular weight excluding hydrogens is 855 g/mol. The van der Waals surface area contributed by atoms with E-state index in [1.54, 1.807) is 54.9 Å². The quantitative estimate of drug-likeness (QED) is 0.0731. The van der Waals surface area contributed by atoms with Crippen LogP contribution in [0.3, 0.4) is 0 Å². The Balaban J connectivity index is 0.676. The van der Waals surface area contributed by atoms with Crippen molar-refractivity contribution in [1.82, 2.24) is 39.7 Å². The minimum absolute atomic E-state index is 0.151. The van der Waals surface area contributed by atoms with Crippen molar-refractivity contribution in [2.24, 2.45) is 5.92 Å². The summed E-state index contributed by atoms with van der Waals surface area (Å²) in [5, 5.41) is 21.3. The van der Waals surface area contributed by atoms with E-state index >= 15 is 0 Å². The van der Waals surface area contributed by atoms with Gasteiger partial charge in [-0.25, -0.2) is 19.3 Å². The second-order valence-electron chi connectivity index (χ2n) is 16.2. The monoisotopic (exact) mass is 903 g/mol. The van der Waals surface area contributed by atoms with Gasteiger partial charge in [0, 0.05) is 41.1 Å². The van der Waals surface area contributed by atoms with E-state index < -0.39 is 17.5 Å². The Bertz CT molecular complexity index is 2930. The zero-order valence-corrected chi connectivity index (χ0v) is 36.8. The summed E-state index contributed by atoms with van der Waals surface area (Å²) in [7, 11) is 0. The smallest absolute Gasteiger partial charge is 0.275 e. The van der Waals surface area contributed by atoms with E-state index in [1.807, 2.05) is 30.3 Å². The van der Waals surface area contributed by atoms with E-state index in [4.69, 9.17) is 18.9 Å². The van der Waals surface area contributed by atoms with Crippen molar-refractivity contribution >= 4 is 22.6 Å². The summed E-state index contributed by atoms with van der Waals surface area (Å²) in [4.78, 5) is 61.2. The molecule has 0 saturated carbocycles. The molecule has 8 rings (SSSR count). The predicted octanol–water partition coefficient (Wildman–Crippen LogP) is 4.17. The number of nitriles is 1. The average Bonchev–Trinajstić information content (AvgIpc) is 3.35. The zero-order valence-electron chi connectivity index (χ0n) is 36.8. The predicted molar refractivity (Wildman–Crippen MR) is 247 cm³/mol. The highest BCUT2D eigenvalue weighted by Crippen LogP contribution is 2.23. The van der Waals surface area contributed by atoms with E-state index in [2.05, 4.69) is 48.3 Å². The summed E-state index contributed by atoms with van der Waals surface area (Å²) < 4.78 is 25.7. The first-order valence-electron chi connectivity index (χ1n) is 22.2. The van der Waals surface area contributed by atoms with Gasteiger partial charge in [-0.05, 0) is 80.2 Å². The minimum Gasteiger partial charge on any atom is -0.490 e. The molecule has 2 aliphatic heterocycles. The first-order valence-corrected chi connectivity index (χ1v) is 22.2. The SMILES string of the molecule is N#Cc1cccc(-c2ccc(=O)n(Cc3cccc(-c4ncc(OCC5CCN(CCOCCOCCOCC#Cc6cccc7c(=O)n(C8CCC(=O)NC8=O)ncc67)CC5)cn4)c3)n2)c1. The van der Waals surface area contributed by atoms with E-state index in [-0.39, 0.29) is 37.5 Å². The number of rotatable bonds is 18. The van der Waals surface area contributed by atoms with Gasteiger partial charge in [0.1, 0.15) is 12.6 Å². The molecule has 1 unspecified atom stereocenters. The number of carbonyl (C=O) groups is 2. The number of ether oxygens (including phenoxy) is 4. The van der Waals surface area contributed by atoms with Gasteiger partial charge in [-0.2, -0.15) is 15.5 Å². The second kappa shape index (κ2) is 22.7. The van der Waals surface area contributed by atoms with Crippen molar-refractivity contribution in [2.45, 2.75) is 38.3 Å². The molecular formula is C50H49N9O8. The van der Waals surface area contributed by atoms with Gasteiger partial charge < -0.3 is 23.8 Å². The number of carbonyl (C=O) groups excluding carboxylic acids is 2. The number of benzene rings is 3.